The van der Waals surface area contributed by atoms with E-state index >= 15 is 0 Å². The number of thiophene rings is 1. The molecule has 0 saturated carbocycles. The number of hydrogen-bond donors (Lipinski definition) is 2. The Kier molecular flexibility index (Phi) is 9.53. The van der Waals surface area contributed by atoms with Crippen molar-refractivity contribution in [2.24, 2.45) is 4.99 Å². The van der Waals surface area contributed by atoms with E-state index in [0.717, 1.165) is 25.5 Å². The molecule has 0 aliphatic heterocycles. The van der Waals surface area contributed by atoms with Gasteiger partial charge in [-0.05, 0) is 34.7 Å². The normalized spacial score (nSPS) is 12.8. The maximum absolute atomic E-state index is 4.18. The average molecular weight is 367 g/mol. The van der Waals surface area contributed by atoms with Gasteiger partial charge in [-0.25, -0.2) is 0 Å². The van der Waals surface area contributed by atoms with Crippen molar-refractivity contribution < 1.29 is 0 Å². The molecule has 0 spiro atoms. The molecule has 0 saturated heterocycles. The minimum Gasteiger partial charge on any atom is -0.356 e. The first-order valence-corrected chi connectivity index (χ1v) is 6.68. The second-order valence-electron chi connectivity index (χ2n) is 3.84. The molecule has 3 nitrogen and oxygen atoms in total. The molecular weight excluding hydrogens is 345 g/mol. The molecule has 0 aliphatic rings. The number of aliphatic imine (C=N–C) groups is 1. The molecule has 1 aromatic heterocycles. The molecule has 1 rings (SSSR count). The van der Waals surface area contributed by atoms with Crippen LogP contribution in [0.2, 0.25) is 0 Å². The van der Waals surface area contributed by atoms with Crippen LogP contribution in [0.3, 0.4) is 0 Å². The lowest BCUT2D eigenvalue weighted by Crippen LogP contribution is -2.39. The van der Waals surface area contributed by atoms with E-state index in [2.05, 4.69) is 46.3 Å². The predicted molar refractivity (Wildman–Crippen MR) is 87.8 cm³/mol. The first-order valence-electron chi connectivity index (χ1n) is 5.74. The van der Waals surface area contributed by atoms with E-state index < -0.39 is 0 Å². The van der Waals surface area contributed by atoms with Crippen LogP contribution in [0, 0.1) is 0 Å². The van der Waals surface area contributed by atoms with E-state index in [1.165, 1.54) is 5.56 Å². The van der Waals surface area contributed by atoms with Crippen LogP contribution in [0.15, 0.2) is 21.8 Å². The smallest absolute Gasteiger partial charge is 0.190 e. The number of nitrogens with zero attached hydrogens (tertiary/aromatic N) is 1. The largest absolute Gasteiger partial charge is 0.356 e. The molecular formula is C12H22IN3S. The number of guanidine groups is 1. The molecule has 0 aromatic carbocycles. The topological polar surface area (TPSA) is 36.4 Å². The van der Waals surface area contributed by atoms with Crippen LogP contribution in [0.25, 0.3) is 0 Å². The third-order valence-corrected chi connectivity index (χ3v) is 3.16. The average Bonchev–Trinajstić information content (AvgIpc) is 2.82. The number of nitrogens with one attached hydrogen (secondary N) is 2. The fourth-order valence-corrected chi connectivity index (χ4v) is 2.17. The molecule has 17 heavy (non-hydrogen) atoms. The number of hydrogen-bond acceptors (Lipinski definition) is 2. The summed E-state index contributed by atoms with van der Waals surface area (Å²) in [5.74, 6) is 1.41. The van der Waals surface area contributed by atoms with Crippen LogP contribution in [0.1, 0.15) is 31.7 Å². The van der Waals surface area contributed by atoms with Gasteiger partial charge >= 0.3 is 0 Å². The van der Waals surface area contributed by atoms with Gasteiger partial charge in [-0.15, -0.1) is 24.0 Å². The second-order valence-corrected chi connectivity index (χ2v) is 4.62. The van der Waals surface area contributed by atoms with Crippen molar-refractivity contribution in [3.8, 4) is 0 Å². The Morgan fingerprint density at radius 2 is 2.24 bits per heavy atom. The third kappa shape index (κ3) is 6.26. The summed E-state index contributed by atoms with van der Waals surface area (Å²) in [5.41, 5.74) is 1.39. The maximum atomic E-state index is 4.18. The molecule has 0 amide bonds. The Morgan fingerprint density at radius 1 is 1.47 bits per heavy atom. The second kappa shape index (κ2) is 9.70. The van der Waals surface area contributed by atoms with E-state index in [4.69, 9.17) is 0 Å². The summed E-state index contributed by atoms with van der Waals surface area (Å²) in [7, 11) is 1.81. The monoisotopic (exact) mass is 367 g/mol. The van der Waals surface area contributed by atoms with Gasteiger partial charge in [0.05, 0.1) is 0 Å². The summed E-state index contributed by atoms with van der Waals surface area (Å²) in [6.45, 7) is 6.25. The first kappa shape index (κ1) is 16.7. The fourth-order valence-electron chi connectivity index (χ4n) is 1.39. The van der Waals surface area contributed by atoms with Crippen molar-refractivity contribution in [3.05, 3.63) is 22.4 Å². The minimum absolute atomic E-state index is 0. The highest BCUT2D eigenvalue weighted by Crippen LogP contribution is 2.16. The van der Waals surface area contributed by atoms with Gasteiger partial charge in [-0.3, -0.25) is 4.99 Å². The zero-order valence-corrected chi connectivity index (χ0v) is 13.8. The summed E-state index contributed by atoms with van der Waals surface area (Å²) >= 11 is 1.75. The highest BCUT2D eigenvalue weighted by Gasteiger charge is 2.06. The summed E-state index contributed by atoms with van der Waals surface area (Å²) in [6.07, 6.45) is 1.11. The first-order chi connectivity index (χ1) is 7.77. The molecule has 2 N–H and O–H groups in total. The van der Waals surface area contributed by atoms with Crippen molar-refractivity contribution in [1.82, 2.24) is 10.6 Å². The molecule has 98 valence electrons. The van der Waals surface area contributed by atoms with Gasteiger partial charge in [0.1, 0.15) is 0 Å². The lowest BCUT2D eigenvalue weighted by atomic mass is 10.1. The molecule has 1 atom stereocenters. The fraction of sp³-hybridized carbons (Fsp3) is 0.583. The van der Waals surface area contributed by atoms with Gasteiger partial charge in [0.25, 0.3) is 0 Å². The van der Waals surface area contributed by atoms with Crippen molar-refractivity contribution in [1.29, 1.82) is 0 Å². The van der Waals surface area contributed by atoms with Crippen molar-refractivity contribution in [3.63, 3.8) is 0 Å². The summed E-state index contributed by atoms with van der Waals surface area (Å²) in [5, 5.41) is 10.9. The van der Waals surface area contributed by atoms with Gasteiger partial charge in [-0.1, -0.05) is 13.8 Å². The van der Waals surface area contributed by atoms with Crippen LogP contribution < -0.4 is 10.6 Å². The van der Waals surface area contributed by atoms with Gasteiger partial charge in [0, 0.05) is 20.1 Å². The maximum Gasteiger partial charge on any atom is 0.190 e. The van der Waals surface area contributed by atoms with Gasteiger partial charge < -0.3 is 10.6 Å². The standard InChI is InChI=1S/C12H21N3S.HI/c1-4-6-14-12(13-3)15-8-10(2)11-5-7-16-9-11;/h5,7,9-10H,4,6,8H2,1-3H3,(H2,13,14,15);1H. The number of halogens is 1. The molecule has 0 fully saturated rings. The van der Waals surface area contributed by atoms with Crippen molar-refractivity contribution >= 4 is 41.3 Å². The molecule has 0 aliphatic carbocycles. The van der Waals surface area contributed by atoms with Crippen LogP contribution in [-0.2, 0) is 0 Å². The van der Waals surface area contributed by atoms with Crippen LogP contribution >= 0.6 is 35.3 Å². The Balaban J connectivity index is 0.00000256. The van der Waals surface area contributed by atoms with E-state index in [1.54, 1.807) is 18.4 Å². The molecule has 1 heterocycles. The quantitative estimate of drug-likeness (QED) is 0.477. The zero-order chi connectivity index (χ0) is 11.8. The van der Waals surface area contributed by atoms with Crippen LogP contribution in [-0.4, -0.2) is 26.1 Å². The van der Waals surface area contributed by atoms with Crippen molar-refractivity contribution in [2.75, 3.05) is 20.1 Å². The van der Waals surface area contributed by atoms with E-state index in [9.17, 15) is 0 Å². The Hall–Kier alpha value is -0.300. The Labute approximate surface area is 125 Å². The van der Waals surface area contributed by atoms with Crippen LogP contribution in [0.5, 0.6) is 0 Å². The molecule has 5 heteroatoms. The predicted octanol–water partition coefficient (Wildman–Crippen LogP) is 3.04. The van der Waals surface area contributed by atoms with Gasteiger partial charge in [-0.2, -0.15) is 11.3 Å². The Bertz CT molecular complexity index is 312. The molecule has 1 aromatic rings. The lowest BCUT2D eigenvalue weighted by molar-refractivity contribution is 0.697. The van der Waals surface area contributed by atoms with Crippen LogP contribution in [0.4, 0.5) is 0 Å². The minimum atomic E-state index is 0. The lowest BCUT2D eigenvalue weighted by Gasteiger charge is -2.14. The highest BCUT2D eigenvalue weighted by molar-refractivity contribution is 14.0. The molecule has 0 radical (unpaired) electrons. The van der Waals surface area contributed by atoms with Gasteiger partial charge in [0.2, 0.25) is 0 Å². The summed E-state index contributed by atoms with van der Waals surface area (Å²) in [4.78, 5) is 4.18. The van der Waals surface area contributed by atoms with E-state index in [-0.39, 0.29) is 24.0 Å². The van der Waals surface area contributed by atoms with Gasteiger partial charge in [0.15, 0.2) is 5.96 Å². The van der Waals surface area contributed by atoms with E-state index in [1.807, 2.05) is 0 Å². The summed E-state index contributed by atoms with van der Waals surface area (Å²) < 4.78 is 0. The zero-order valence-electron chi connectivity index (χ0n) is 10.7. The Morgan fingerprint density at radius 3 is 2.76 bits per heavy atom. The molecule has 0 bridgehead atoms. The molecule has 1 unspecified atom stereocenters. The SMILES string of the molecule is CCCNC(=NC)NCC(C)c1ccsc1.I. The van der Waals surface area contributed by atoms with E-state index in [0.29, 0.717) is 5.92 Å². The third-order valence-electron chi connectivity index (χ3n) is 2.45. The highest BCUT2D eigenvalue weighted by atomic mass is 127. The number of rotatable bonds is 5. The van der Waals surface area contributed by atoms with Crippen molar-refractivity contribution in [2.45, 2.75) is 26.2 Å². The summed E-state index contributed by atoms with van der Waals surface area (Å²) in [6, 6.07) is 2.18.